The first-order valence-corrected chi connectivity index (χ1v) is 5.46. The number of aromatic nitrogens is 2. The van der Waals surface area contributed by atoms with Crippen LogP contribution in [0.1, 0.15) is 30.8 Å². The number of hydrogen-bond donors (Lipinski definition) is 0. The molecule has 1 saturated carbocycles. The summed E-state index contributed by atoms with van der Waals surface area (Å²) in [6, 6.07) is 0. The number of halogens is 2. The van der Waals surface area contributed by atoms with Gasteiger partial charge in [-0.1, -0.05) is 18.5 Å². The van der Waals surface area contributed by atoms with Crippen molar-refractivity contribution in [3.05, 3.63) is 21.1 Å². The second-order valence-electron chi connectivity index (χ2n) is 3.59. The van der Waals surface area contributed by atoms with Crippen molar-refractivity contribution in [1.82, 2.24) is 9.97 Å². The van der Waals surface area contributed by atoms with Crippen LogP contribution in [0.5, 0.6) is 0 Å². The minimum atomic E-state index is 0.529. The average molecular weight is 262 g/mol. The standard InChI is InChI=1S/C9H10BrClN2/c1-4-3-6(4)9-12-5(2)7(10)8(11)13-9/h4,6H,3H2,1-2H3. The van der Waals surface area contributed by atoms with E-state index < -0.39 is 0 Å². The summed E-state index contributed by atoms with van der Waals surface area (Å²) >= 11 is 9.28. The Labute approximate surface area is 90.9 Å². The first-order valence-electron chi connectivity index (χ1n) is 4.29. The van der Waals surface area contributed by atoms with E-state index in [1.54, 1.807) is 0 Å². The van der Waals surface area contributed by atoms with Gasteiger partial charge < -0.3 is 0 Å². The van der Waals surface area contributed by atoms with E-state index in [1.807, 2.05) is 6.92 Å². The lowest BCUT2D eigenvalue weighted by molar-refractivity contribution is 0.830. The van der Waals surface area contributed by atoms with E-state index in [1.165, 1.54) is 6.42 Å². The molecule has 70 valence electrons. The molecule has 4 heteroatoms. The van der Waals surface area contributed by atoms with Crippen LogP contribution in [0, 0.1) is 12.8 Å². The van der Waals surface area contributed by atoms with Gasteiger partial charge in [0.2, 0.25) is 0 Å². The third-order valence-electron chi connectivity index (χ3n) is 2.43. The van der Waals surface area contributed by atoms with Gasteiger partial charge in [0, 0.05) is 5.92 Å². The van der Waals surface area contributed by atoms with Crippen LogP contribution in [-0.2, 0) is 0 Å². The third-order valence-corrected chi connectivity index (χ3v) is 3.89. The second-order valence-corrected chi connectivity index (χ2v) is 4.74. The minimum Gasteiger partial charge on any atom is -0.237 e. The van der Waals surface area contributed by atoms with Crippen LogP contribution in [0.4, 0.5) is 0 Å². The van der Waals surface area contributed by atoms with Gasteiger partial charge in [-0.2, -0.15) is 0 Å². The summed E-state index contributed by atoms with van der Waals surface area (Å²) in [4.78, 5) is 8.66. The summed E-state index contributed by atoms with van der Waals surface area (Å²) in [6.45, 7) is 4.15. The summed E-state index contributed by atoms with van der Waals surface area (Å²) in [5.74, 6) is 2.15. The molecule has 1 aliphatic carbocycles. The summed E-state index contributed by atoms with van der Waals surface area (Å²) in [5.41, 5.74) is 0.925. The van der Waals surface area contributed by atoms with E-state index in [2.05, 4.69) is 32.8 Å². The Balaban J connectivity index is 2.39. The normalized spacial score (nSPS) is 26.2. The van der Waals surface area contributed by atoms with E-state index in [0.29, 0.717) is 11.1 Å². The van der Waals surface area contributed by atoms with Crippen molar-refractivity contribution >= 4 is 27.5 Å². The van der Waals surface area contributed by atoms with Crippen molar-refractivity contribution < 1.29 is 0 Å². The fourth-order valence-electron chi connectivity index (χ4n) is 1.39. The summed E-state index contributed by atoms with van der Waals surface area (Å²) in [6.07, 6.45) is 1.19. The maximum absolute atomic E-state index is 5.94. The molecule has 1 heterocycles. The molecule has 0 spiro atoms. The molecule has 1 aliphatic rings. The van der Waals surface area contributed by atoms with Crippen molar-refractivity contribution in [2.45, 2.75) is 26.2 Å². The molecule has 2 unspecified atom stereocenters. The predicted molar refractivity (Wildman–Crippen MR) is 56.0 cm³/mol. The largest absolute Gasteiger partial charge is 0.237 e. The third kappa shape index (κ3) is 1.72. The molecule has 1 aromatic rings. The molecular weight excluding hydrogens is 251 g/mol. The molecule has 2 rings (SSSR count). The molecule has 0 radical (unpaired) electrons. The molecule has 0 saturated heterocycles. The molecule has 0 aliphatic heterocycles. The van der Waals surface area contributed by atoms with Gasteiger partial charge in [0.1, 0.15) is 11.0 Å². The van der Waals surface area contributed by atoms with Gasteiger partial charge >= 0.3 is 0 Å². The second kappa shape index (κ2) is 3.21. The fraction of sp³-hybridized carbons (Fsp3) is 0.556. The van der Waals surface area contributed by atoms with Crippen LogP contribution in [0.25, 0.3) is 0 Å². The molecule has 2 atom stereocenters. The maximum atomic E-state index is 5.94. The summed E-state index contributed by atoms with van der Waals surface area (Å²) in [5, 5.41) is 0.529. The predicted octanol–water partition coefficient (Wildman–Crippen LogP) is 3.32. The first kappa shape index (κ1) is 9.41. The van der Waals surface area contributed by atoms with Gasteiger partial charge in [-0.3, -0.25) is 0 Å². The lowest BCUT2D eigenvalue weighted by Crippen LogP contribution is -1.97. The van der Waals surface area contributed by atoms with Crippen molar-refractivity contribution in [3.63, 3.8) is 0 Å². The fourth-order valence-corrected chi connectivity index (χ4v) is 1.79. The highest BCUT2D eigenvalue weighted by Gasteiger charge is 2.37. The van der Waals surface area contributed by atoms with E-state index in [-0.39, 0.29) is 0 Å². The highest BCUT2D eigenvalue weighted by atomic mass is 79.9. The quantitative estimate of drug-likeness (QED) is 0.725. The lowest BCUT2D eigenvalue weighted by Gasteiger charge is -2.03. The Morgan fingerprint density at radius 2 is 2.08 bits per heavy atom. The monoisotopic (exact) mass is 260 g/mol. The Morgan fingerprint density at radius 3 is 2.54 bits per heavy atom. The zero-order valence-corrected chi connectivity index (χ0v) is 9.85. The Hall–Kier alpha value is -0.150. The van der Waals surface area contributed by atoms with Crippen LogP contribution in [0.2, 0.25) is 5.15 Å². The van der Waals surface area contributed by atoms with Crippen LogP contribution < -0.4 is 0 Å². The molecule has 13 heavy (non-hydrogen) atoms. The van der Waals surface area contributed by atoms with Crippen molar-refractivity contribution in [2.24, 2.45) is 5.92 Å². The SMILES string of the molecule is Cc1nc(C2CC2C)nc(Cl)c1Br. The van der Waals surface area contributed by atoms with E-state index in [9.17, 15) is 0 Å². The van der Waals surface area contributed by atoms with Crippen LogP contribution in [0.3, 0.4) is 0 Å². The van der Waals surface area contributed by atoms with Crippen LogP contribution in [0.15, 0.2) is 4.47 Å². The van der Waals surface area contributed by atoms with Crippen LogP contribution >= 0.6 is 27.5 Å². The highest BCUT2D eigenvalue weighted by Crippen LogP contribution is 2.46. The summed E-state index contributed by atoms with van der Waals surface area (Å²) < 4.78 is 0.811. The number of hydrogen-bond acceptors (Lipinski definition) is 2. The smallest absolute Gasteiger partial charge is 0.147 e. The van der Waals surface area contributed by atoms with Crippen molar-refractivity contribution in [1.29, 1.82) is 0 Å². The highest BCUT2D eigenvalue weighted by molar-refractivity contribution is 9.10. The Bertz CT molecular complexity index is 330. The van der Waals surface area contributed by atoms with Gasteiger partial charge in [0.05, 0.1) is 10.2 Å². The molecular formula is C9H10BrClN2. The van der Waals surface area contributed by atoms with Gasteiger partial charge in [-0.15, -0.1) is 0 Å². The molecule has 1 aromatic heterocycles. The van der Waals surface area contributed by atoms with Crippen molar-refractivity contribution in [3.8, 4) is 0 Å². The van der Waals surface area contributed by atoms with Gasteiger partial charge in [-0.25, -0.2) is 9.97 Å². The first-order chi connectivity index (χ1) is 6.09. The lowest BCUT2D eigenvalue weighted by atomic mass is 10.3. The van der Waals surface area contributed by atoms with Gasteiger partial charge in [0.25, 0.3) is 0 Å². The van der Waals surface area contributed by atoms with E-state index in [4.69, 9.17) is 11.6 Å². The Kier molecular flexibility index (Phi) is 2.32. The zero-order chi connectivity index (χ0) is 9.59. The number of nitrogens with zero attached hydrogens (tertiary/aromatic N) is 2. The molecule has 2 nitrogen and oxygen atoms in total. The van der Waals surface area contributed by atoms with Gasteiger partial charge in [0.15, 0.2) is 0 Å². The van der Waals surface area contributed by atoms with Gasteiger partial charge in [-0.05, 0) is 35.2 Å². The average Bonchev–Trinajstić information content (AvgIpc) is 2.77. The minimum absolute atomic E-state index is 0.529. The number of rotatable bonds is 1. The molecule has 0 aromatic carbocycles. The van der Waals surface area contributed by atoms with E-state index >= 15 is 0 Å². The Morgan fingerprint density at radius 1 is 1.46 bits per heavy atom. The maximum Gasteiger partial charge on any atom is 0.147 e. The molecule has 1 fully saturated rings. The van der Waals surface area contributed by atoms with E-state index in [0.717, 1.165) is 21.9 Å². The van der Waals surface area contributed by atoms with Crippen LogP contribution in [-0.4, -0.2) is 9.97 Å². The van der Waals surface area contributed by atoms with Crippen molar-refractivity contribution in [2.75, 3.05) is 0 Å². The summed E-state index contributed by atoms with van der Waals surface area (Å²) in [7, 11) is 0. The number of aryl methyl sites for hydroxylation is 1. The molecule has 0 N–H and O–H groups in total. The molecule has 0 bridgehead atoms. The zero-order valence-electron chi connectivity index (χ0n) is 7.51. The molecule has 0 amide bonds. The topological polar surface area (TPSA) is 25.8 Å².